The Bertz CT molecular complexity index is 1440. The van der Waals surface area contributed by atoms with Crippen molar-refractivity contribution in [3.8, 4) is 0 Å². The van der Waals surface area contributed by atoms with E-state index in [1.807, 2.05) is 29.6 Å². The van der Waals surface area contributed by atoms with E-state index in [0.29, 0.717) is 0 Å². The molecule has 4 heteroatoms. The fourth-order valence-electron chi connectivity index (χ4n) is 4.62. The normalized spacial score (nSPS) is 14.1. The first-order chi connectivity index (χ1) is 13.9. The predicted octanol–water partition coefficient (Wildman–Crippen LogP) is 5.03. The van der Waals surface area contributed by atoms with Gasteiger partial charge in [-0.25, -0.2) is 0 Å². The molecule has 3 heterocycles. The highest BCUT2D eigenvalue weighted by Gasteiger charge is 2.38. The third kappa shape index (κ3) is 1.92. The van der Waals surface area contributed by atoms with Crippen LogP contribution in [0.15, 0.2) is 103 Å². The van der Waals surface area contributed by atoms with E-state index in [4.69, 9.17) is 4.42 Å². The molecular formula is C24H13BOS2. The van der Waals surface area contributed by atoms with Crippen molar-refractivity contribution in [3.63, 3.8) is 0 Å². The molecule has 0 unspecified atom stereocenters. The summed E-state index contributed by atoms with van der Waals surface area (Å²) in [7, 11) is 0. The van der Waals surface area contributed by atoms with E-state index in [1.54, 1.807) is 0 Å². The molecule has 0 saturated heterocycles. The van der Waals surface area contributed by atoms with Gasteiger partial charge in [-0.3, -0.25) is 0 Å². The third-order valence-corrected chi connectivity index (χ3v) is 8.19. The Hall–Kier alpha value is -2.56. The molecule has 1 nitrogen and oxygen atoms in total. The molecule has 0 atom stereocenters. The van der Waals surface area contributed by atoms with Crippen molar-refractivity contribution in [2.24, 2.45) is 0 Å². The SMILES string of the molecule is c1ccc2c(c1)Sc1cccc3c1B2c1ccc2c(oc4ccccc42)c1S3. The minimum atomic E-state index is 0.275. The maximum Gasteiger partial charge on any atom is 0.247 e. The fraction of sp³-hybridized carbons (Fsp3) is 0. The molecule has 0 radical (unpaired) electrons. The second-order valence-corrected chi connectivity index (χ2v) is 9.44. The Morgan fingerprint density at radius 1 is 0.607 bits per heavy atom. The highest BCUT2D eigenvalue weighted by molar-refractivity contribution is 8.01. The molecule has 0 amide bonds. The Labute approximate surface area is 171 Å². The van der Waals surface area contributed by atoms with Gasteiger partial charge in [-0.1, -0.05) is 89.0 Å². The van der Waals surface area contributed by atoms with Gasteiger partial charge < -0.3 is 4.42 Å². The summed E-state index contributed by atoms with van der Waals surface area (Å²) < 4.78 is 6.37. The van der Waals surface area contributed by atoms with Crippen LogP contribution in [0.1, 0.15) is 0 Å². The maximum atomic E-state index is 6.37. The van der Waals surface area contributed by atoms with E-state index < -0.39 is 0 Å². The lowest BCUT2D eigenvalue weighted by Crippen LogP contribution is -2.57. The second kappa shape index (κ2) is 5.50. The summed E-state index contributed by atoms with van der Waals surface area (Å²) in [6.07, 6.45) is 0. The van der Waals surface area contributed by atoms with E-state index in [-0.39, 0.29) is 6.71 Å². The standard InChI is InChI=1S/C24H13BOS2/c1-3-8-18-14(6-1)15-12-13-17-24(23(15)26-18)28-21-11-5-10-20-22(21)25(17)16-7-2-4-9-19(16)27-20/h1-13H. The van der Waals surface area contributed by atoms with Gasteiger partial charge in [0, 0.05) is 25.5 Å². The summed E-state index contributed by atoms with van der Waals surface area (Å²) in [5, 5.41) is 2.40. The van der Waals surface area contributed by atoms with Crippen molar-refractivity contribution >= 4 is 68.6 Å². The molecule has 5 aromatic rings. The average Bonchev–Trinajstić information content (AvgIpc) is 3.13. The zero-order valence-electron chi connectivity index (χ0n) is 14.8. The zero-order chi connectivity index (χ0) is 18.2. The van der Waals surface area contributed by atoms with E-state index >= 15 is 0 Å². The number of furan rings is 1. The molecule has 130 valence electrons. The molecule has 0 N–H and O–H groups in total. The van der Waals surface area contributed by atoms with Gasteiger partial charge in [-0.15, -0.1) is 0 Å². The van der Waals surface area contributed by atoms with Gasteiger partial charge in [0.25, 0.3) is 0 Å². The second-order valence-electron chi connectivity index (χ2n) is 7.30. The van der Waals surface area contributed by atoms with Crippen LogP contribution in [-0.4, -0.2) is 6.71 Å². The number of hydrogen-bond acceptors (Lipinski definition) is 3. The monoisotopic (exact) mass is 392 g/mol. The summed E-state index contributed by atoms with van der Waals surface area (Å²) in [5.74, 6) is 0. The minimum absolute atomic E-state index is 0.275. The third-order valence-electron chi connectivity index (χ3n) is 5.82. The van der Waals surface area contributed by atoms with Crippen molar-refractivity contribution in [1.29, 1.82) is 0 Å². The number of hydrogen-bond donors (Lipinski definition) is 0. The molecule has 0 bridgehead atoms. The molecule has 1 aromatic heterocycles. The van der Waals surface area contributed by atoms with E-state index in [0.717, 1.165) is 11.2 Å². The lowest BCUT2D eigenvalue weighted by Gasteiger charge is -2.32. The molecule has 28 heavy (non-hydrogen) atoms. The van der Waals surface area contributed by atoms with Crippen molar-refractivity contribution in [1.82, 2.24) is 0 Å². The van der Waals surface area contributed by atoms with Crippen LogP contribution < -0.4 is 16.4 Å². The summed E-state index contributed by atoms with van der Waals surface area (Å²) in [5.41, 5.74) is 6.22. The lowest BCUT2D eigenvalue weighted by atomic mass is 9.36. The Kier molecular flexibility index (Phi) is 3.02. The van der Waals surface area contributed by atoms with Crippen LogP contribution in [0.4, 0.5) is 0 Å². The smallest absolute Gasteiger partial charge is 0.247 e. The quantitative estimate of drug-likeness (QED) is 0.336. The van der Waals surface area contributed by atoms with Crippen LogP contribution in [0.5, 0.6) is 0 Å². The van der Waals surface area contributed by atoms with Crippen LogP contribution >= 0.6 is 23.5 Å². The van der Waals surface area contributed by atoms with Crippen LogP contribution in [0, 0.1) is 0 Å². The first kappa shape index (κ1) is 15.4. The molecular weight excluding hydrogens is 379 g/mol. The number of benzene rings is 4. The molecule has 0 saturated carbocycles. The summed E-state index contributed by atoms with van der Waals surface area (Å²) in [4.78, 5) is 5.36. The van der Waals surface area contributed by atoms with Crippen molar-refractivity contribution in [3.05, 3.63) is 78.9 Å². The molecule has 0 aliphatic carbocycles. The molecule has 0 fully saturated rings. The Morgan fingerprint density at radius 3 is 2.36 bits per heavy atom. The molecule has 2 aliphatic rings. The number of para-hydroxylation sites is 1. The van der Waals surface area contributed by atoms with Crippen LogP contribution in [-0.2, 0) is 0 Å². The summed E-state index contributed by atoms with van der Waals surface area (Å²) in [6.45, 7) is 0.275. The van der Waals surface area contributed by atoms with Gasteiger partial charge >= 0.3 is 0 Å². The van der Waals surface area contributed by atoms with Crippen molar-refractivity contribution < 1.29 is 4.42 Å². The fourth-order valence-corrected chi connectivity index (χ4v) is 7.11. The first-order valence-electron chi connectivity index (χ1n) is 9.40. The van der Waals surface area contributed by atoms with Crippen LogP contribution in [0.2, 0.25) is 0 Å². The van der Waals surface area contributed by atoms with E-state index in [9.17, 15) is 0 Å². The average molecular weight is 392 g/mol. The highest BCUT2D eigenvalue weighted by atomic mass is 32.2. The molecule has 0 spiro atoms. The first-order valence-corrected chi connectivity index (χ1v) is 11.0. The largest absolute Gasteiger partial charge is 0.455 e. The minimum Gasteiger partial charge on any atom is -0.455 e. The van der Waals surface area contributed by atoms with Crippen LogP contribution in [0.25, 0.3) is 21.9 Å². The van der Waals surface area contributed by atoms with Crippen molar-refractivity contribution in [2.75, 3.05) is 0 Å². The summed E-state index contributed by atoms with van der Waals surface area (Å²) >= 11 is 3.76. The van der Waals surface area contributed by atoms with Gasteiger partial charge in [-0.05, 0) is 29.7 Å². The van der Waals surface area contributed by atoms with E-state index in [1.165, 1.54) is 46.7 Å². The highest BCUT2D eigenvalue weighted by Crippen LogP contribution is 2.42. The molecule has 2 aliphatic heterocycles. The van der Waals surface area contributed by atoms with Gasteiger partial charge in [0.05, 0.1) is 4.90 Å². The topological polar surface area (TPSA) is 13.1 Å². The van der Waals surface area contributed by atoms with Crippen LogP contribution in [0.3, 0.4) is 0 Å². The zero-order valence-corrected chi connectivity index (χ0v) is 16.4. The van der Waals surface area contributed by atoms with Crippen molar-refractivity contribution in [2.45, 2.75) is 19.6 Å². The van der Waals surface area contributed by atoms with E-state index in [2.05, 4.69) is 72.8 Å². The van der Waals surface area contributed by atoms with Gasteiger partial charge in [0.15, 0.2) is 0 Å². The maximum absolute atomic E-state index is 6.37. The molecule has 4 aromatic carbocycles. The molecule has 7 rings (SSSR count). The number of rotatable bonds is 0. The Morgan fingerprint density at radius 2 is 1.39 bits per heavy atom. The predicted molar refractivity (Wildman–Crippen MR) is 120 cm³/mol. The van der Waals surface area contributed by atoms with Gasteiger partial charge in [0.2, 0.25) is 6.71 Å². The van der Waals surface area contributed by atoms with Gasteiger partial charge in [0.1, 0.15) is 11.2 Å². The lowest BCUT2D eigenvalue weighted by molar-refractivity contribution is 0.661. The summed E-state index contributed by atoms with van der Waals surface area (Å²) in [6, 6.07) is 28.5. The number of fused-ring (bicyclic) bond motifs is 8. The Balaban J connectivity index is 1.60. The van der Waals surface area contributed by atoms with Gasteiger partial charge in [-0.2, -0.15) is 0 Å².